The highest BCUT2D eigenvalue weighted by molar-refractivity contribution is 6.31. The third kappa shape index (κ3) is 5.01. The molecule has 0 N–H and O–H groups in total. The molecule has 1 aliphatic heterocycles. The monoisotopic (exact) mass is 521 g/mol. The van der Waals surface area contributed by atoms with Gasteiger partial charge in [0.15, 0.2) is 5.78 Å². The number of aryl methyl sites for hydroxylation is 1. The highest BCUT2D eigenvalue weighted by Crippen LogP contribution is 2.43. The fourth-order valence-electron chi connectivity index (χ4n) is 4.97. The molecule has 1 aromatic carbocycles. The number of likely N-dealkylation sites (tertiary alicyclic amines) is 1. The van der Waals surface area contributed by atoms with Crippen LogP contribution < -0.4 is 0 Å². The minimum absolute atomic E-state index is 0.0423. The van der Waals surface area contributed by atoms with Crippen LogP contribution in [0.25, 0.3) is 11.0 Å². The van der Waals surface area contributed by atoms with Gasteiger partial charge < -0.3 is 9.47 Å². The number of fused-ring (bicyclic) bond motifs is 1. The summed E-state index contributed by atoms with van der Waals surface area (Å²) in [6.07, 6.45) is -0.984. The van der Waals surface area contributed by atoms with E-state index in [4.69, 9.17) is 11.6 Å². The number of carbonyl (C=O) groups excluding carboxylic acids is 1. The molecule has 3 aromatic rings. The topological polar surface area (TPSA) is 38.1 Å². The number of piperidine rings is 1. The second kappa shape index (κ2) is 9.88. The normalized spacial score (nSPS) is 15.2. The molecule has 3 heterocycles. The maximum Gasteiger partial charge on any atom is 0.417 e. The Morgan fingerprint density at radius 2 is 1.92 bits per heavy atom. The van der Waals surface area contributed by atoms with Crippen LogP contribution in [0.4, 0.5) is 17.6 Å². The van der Waals surface area contributed by atoms with Crippen molar-refractivity contribution in [2.75, 3.05) is 13.1 Å². The Labute approximate surface area is 212 Å². The summed E-state index contributed by atoms with van der Waals surface area (Å²) >= 11 is 5.77. The second-order valence-electron chi connectivity index (χ2n) is 9.69. The van der Waals surface area contributed by atoms with Gasteiger partial charge in [-0.3, -0.25) is 4.79 Å². The number of hydrogen-bond acceptors (Lipinski definition) is 3. The van der Waals surface area contributed by atoms with Gasteiger partial charge in [-0.05, 0) is 54.0 Å². The number of rotatable bonds is 6. The first kappa shape index (κ1) is 26.2. The van der Waals surface area contributed by atoms with Crippen molar-refractivity contribution in [1.29, 1.82) is 0 Å². The third-order valence-corrected chi connectivity index (χ3v) is 7.27. The van der Waals surface area contributed by atoms with Gasteiger partial charge in [0.2, 0.25) is 0 Å². The molecule has 36 heavy (non-hydrogen) atoms. The van der Waals surface area contributed by atoms with Crippen LogP contribution in [-0.2, 0) is 19.6 Å². The number of ketones is 1. The van der Waals surface area contributed by atoms with E-state index in [1.807, 2.05) is 0 Å². The molecule has 192 valence electrons. The quantitative estimate of drug-likeness (QED) is 0.255. The Morgan fingerprint density at radius 1 is 1.25 bits per heavy atom. The Morgan fingerprint density at radius 3 is 2.50 bits per heavy atom. The van der Waals surface area contributed by atoms with Gasteiger partial charge in [-0.15, -0.1) is 0 Å². The highest BCUT2D eigenvalue weighted by Gasteiger charge is 2.39. The second-order valence-corrected chi connectivity index (χ2v) is 10.1. The van der Waals surface area contributed by atoms with Crippen molar-refractivity contribution in [1.82, 2.24) is 14.5 Å². The van der Waals surface area contributed by atoms with Crippen LogP contribution >= 0.6 is 11.6 Å². The molecule has 2 aromatic heterocycles. The van der Waals surface area contributed by atoms with E-state index >= 15 is 0 Å². The fraction of sp³-hybridized carbons (Fsp3) is 0.407. The predicted molar refractivity (Wildman–Crippen MR) is 133 cm³/mol. The van der Waals surface area contributed by atoms with Gasteiger partial charge in [-0.1, -0.05) is 32.0 Å². The van der Waals surface area contributed by atoms with E-state index in [2.05, 4.69) is 30.3 Å². The Hall–Kier alpha value is -2.87. The minimum Gasteiger partial charge on any atom is -0.375 e. The summed E-state index contributed by atoms with van der Waals surface area (Å²) in [5.74, 6) is -1.07. The molecule has 0 atom stereocenters. The van der Waals surface area contributed by atoms with Crippen molar-refractivity contribution in [3.8, 4) is 0 Å². The number of aromatic nitrogens is 2. The lowest BCUT2D eigenvalue weighted by molar-refractivity contribution is -0.136. The van der Waals surface area contributed by atoms with Crippen LogP contribution in [0.15, 0.2) is 42.9 Å². The maximum absolute atomic E-state index is 14.5. The van der Waals surface area contributed by atoms with E-state index in [0.29, 0.717) is 24.3 Å². The summed E-state index contributed by atoms with van der Waals surface area (Å²) in [4.78, 5) is 19.4. The Bertz CT molecular complexity index is 1320. The van der Waals surface area contributed by atoms with Crippen molar-refractivity contribution in [2.45, 2.75) is 45.2 Å². The third-order valence-electron chi connectivity index (χ3n) is 6.98. The number of Topliss-reactive ketones (excluding diaryl/α,β-unsaturated/α-hetero) is 1. The number of carbonyl (C=O) groups is 1. The van der Waals surface area contributed by atoms with Crippen LogP contribution in [0.2, 0.25) is 5.02 Å². The van der Waals surface area contributed by atoms with Gasteiger partial charge in [-0.2, -0.15) is 13.2 Å². The largest absolute Gasteiger partial charge is 0.417 e. The molecule has 0 amide bonds. The molecule has 4 rings (SSSR count). The summed E-state index contributed by atoms with van der Waals surface area (Å²) in [6, 6.07) is 3.37. The van der Waals surface area contributed by atoms with Crippen LogP contribution in [-0.4, -0.2) is 33.3 Å². The van der Waals surface area contributed by atoms with Gasteiger partial charge in [-0.25, -0.2) is 9.37 Å². The van der Waals surface area contributed by atoms with Crippen molar-refractivity contribution in [2.24, 2.45) is 13.0 Å². The molecule has 0 bridgehead atoms. The SMILES string of the molecule is C=C(C(C)C)N1CCC(c2cn(C)c3ncc(CC(=O)c4ccc(F)c(Cl)c4)c(C(F)(F)F)c23)CC1. The molecule has 0 spiro atoms. The van der Waals surface area contributed by atoms with E-state index in [0.717, 1.165) is 37.1 Å². The summed E-state index contributed by atoms with van der Waals surface area (Å²) in [5, 5.41) is -0.212. The Balaban J connectivity index is 1.74. The first-order chi connectivity index (χ1) is 16.9. The van der Waals surface area contributed by atoms with E-state index in [1.165, 1.54) is 6.07 Å². The van der Waals surface area contributed by atoms with E-state index in [1.54, 1.807) is 17.8 Å². The van der Waals surface area contributed by atoms with E-state index in [-0.39, 0.29) is 33.1 Å². The molecule has 4 nitrogen and oxygen atoms in total. The van der Waals surface area contributed by atoms with Gasteiger partial charge >= 0.3 is 6.18 Å². The lowest BCUT2D eigenvalue weighted by atomic mass is 9.86. The molecule has 1 saturated heterocycles. The lowest BCUT2D eigenvalue weighted by Gasteiger charge is -2.36. The number of halogens is 5. The zero-order valence-corrected chi connectivity index (χ0v) is 21.2. The minimum atomic E-state index is -4.69. The average Bonchev–Trinajstić information content (AvgIpc) is 3.15. The zero-order chi connectivity index (χ0) is 26.4. The van der Waals surface area contributed by atoms with Crippen molar-refractivity contribution >= 4 is 28.4 Å². The maximum atomic E-state index is 14.5. The molecular weight excluding hydrogens is 494 g/mol. The van der Waals surface area contributed by atoms with Crippen LogP contribution in [0.5, 0.6) is 0 Å². The van der Waals surface area contributed by atoms with Crippen molar-refractivity contribution < 1.29 is 22.4 Å². The van der Waals surface area contributed by atoms with Crippen LogP contribution in [0.1, 0.15) is 59.7 Å². The predicted octanol–water partition coefficient (Wildman–Crippen LogP) is 7.16. The molecule has 1 fully saturated rings. The number of alkyl halides is 3. The smallest absolute Gasteiger partial charge is 0.375 e. The Kier molecular flexibility index (Phi) is 7.19. The van der Waals surface area contributed by atoms with Gasteiger partial charge in [0.05, 0.1) is 10.6 Å². The average molecular weight is 522 g/mol. The summed E-state index contributed by atoms with van der Waals surface area (Å²) in [5.41, 5.74) is 0.859. The van der Waals surface area contributed by atoms with Crippen LogP contribution in [0.3, 0.4) is 0 Å². The molecule has 0 unspecified atom stereocenters. The van der Waals surface area contributed by atoms with Gasteiger partial charge in [0.25, 0.3) is 0 Å². The molecule has 9 heteroatoms. The summed E-state index contributed by atoms with van der Waals surface area (Å²) in [6.45, 7) is 9.73. The highest BCUT2D eigenvalue weighted by atomic mass is 35.5. The van der Waals surface area contributed by atoms with E-state index in [9.17, 15) is 22.4 Å². The molecular formula is C27H28ClF4N3O. The number of hydrogen-bond donors (Lipinski definition) is 0. The number of nitrogens with zero attached hydrogens (tertiary/aromatic N) is 3. The molecule has 0 saturated carbocycles. The van der Waals surface area contributed by atoms with Crippen molar-refractivity contribution in [3.05, 3.63) is 76.0 Å². The molecule has 0 aliphatic carbocycles. The molecule has 0 radical (unpaired) electrons. The number of allylic oxidation sites excluding steroid dienone is 1. The number of benzene rings is 1. The standard InChI is InChI=1S/C27H28ClF4N3O/c1-15(2)16(3)35-9-7-17(8-10-35)20-14-34(4)26-24(20)25(27(30,31)32)19(13-33-26)12-23(36)18-5-6-22(29)21(28)11-18/h5-6,11,13-15,17H,3,7-10,12H2,1-2,4H3. The lowest BCUT2D eigenvalue weighted by Crippen LogP contribution is -2.33. The zero-order valence-electron chi connectivity index (χ0n) is 20.4. The molecule has 1 aliphatic rings. The van der Waals surface area contributed by atoms with Gasteiger partial charge in [0, 0.05) is 55.6 Å². The number of pyridine rings is 1. The van der Waals surface area contributed by atoms with Gasteiger partial charge in [0.1, 0.15) is 11.5 Å². The first-order valence-corrected chi connectivity index (χ1v) is 12.2. The summed E-state index contributed by atoms with van der Waals surface area (Å²) in [7, 11) is 1.68. The van der Waals surface area contributed by atoms with Crippen molar-refractivity contribution in [3.63, 3.8) is 0 Å². The van der Waals surface area contributed by atoms with Crippen LogP contribution in [0, 0.1) is 11.7 Å². The first-order valence-electron chi connectivity index (χ1n) is 11.8. The summed E-state index contributed by atoms with van der Waals surface area (Å²) < 4.78 is 58.7. The van der Waals surface area contributed by atoms with E-state index < -0.39 is 29.8 Å². The fourth-order valence-corrected chi connectivity index (χ4v) is 5.15.